The Hall–Kier alpha value is -1.42. The van der Waals surface area contributed by atoms with E-state index in [-0.39, 0.29) is 5.91 Å². The molecule has 1 unspecified atom stereocenters. The summed E-state index contributed by atoms with van der Waals surface area (Å²) in [6.07, 6.45) is 14.1. The predicted molar refractivity (Wildman–Crippen MR) is 104 cm³/mol. The van der Waals surface area contributed by atoms with Crippen LogP contribution in [0, 0.1) is 11.3 Å². The van der Waals surface area contributed by atoms with Crippen molar-refractivity contribution in [3.8, 4) is 0 Å². The zero-order chi connectivity index (χ0) is 17.8. The third kappa shape index (κ3) is 4.11. The van der Waals surface area contributed by atoms with E-state index in [1.54, 1.807) is 6.20 Å². The molecule has 4 rings (SSSR count). The monoisotopic (exact) mass is 355 g/mol. The van der Waals surface area contributed by atoms with E-state index in [0.29, 0.717) is 11.1 Å². The Kier molecular flexibility index (Phi) is 5.58. The minimum atomic E-state index is 0.113. The fraction of sp³-hybridized carbons (Fsp3) is 0.727. The van der Waals surface area contributed by atoms with Gasteiger partial charge in [-0.2, -0.15) is 0 Å². The van der Waals surface area contributed by atoms with E-state index in [1.165, 1.54) is 71.0 Å². The molecular weight excluding hydrogens is 322 g/mol. The summed E-state index contributed by atoms with van der Waals surface area (Å²) in [5, 5.41) is 0. The zero-order valence-electron chi connectivity index (χ0n) is 16.0. The molecule has 0 N–H and O–H groups in total. The van der Waals surface area contributed by atoms with Gasteiger partial charge >= 0.3 is 0 Å². The Morgan fingerprint density at radius 3 is 2.77 bits per heavy atom. The second kappa shape index (κ2) is 8.08. The highest BCUT2D eigenvalue weighted by Crippen LogP contribution is 2.39. The predicted octanol–water partition coefficient (Wildman–Crippen LogP) is 3.98. The number of amides is 1. The van der Waals surface area contributed by atoms with E-state index < -0.39 is 0 Å². The summed E-state index contributed by atoms with van der Waals surface area (Å²) in [5.74, 6) is 1.08. The highest BCUT2D eigenvalue weighted by Gasteiger charge is 2.43. The Labute approximate surface area is 158 Å². The lowest BCUT2D eigenvalue weighted by Gasteiger charge is -2.41. The Balaban J connectivity index is 1.31. The highest BCUT2D eigenvalue weighted by atomic mass is 16.2. The molecule has 142 valence electrons. The molecule has 1 amide bonds. The van der Waals surface area contributed by atoms with Gasteiger partial charge in [0, 0.05) is 31.2 Å². The van der Waals surface area contributed by atoms with Crippen molar-refractivity contribution < 1.29 is 4.79 Å². The number of carbonyl (C=O) groups excluding carboxylic acids is 1. The molecule has 1 aliphatic carbocycles. The highest BCUT2D eigenvalue weighted by molar-refractivity contribution is 5.92. The second-order valence-corrected chi connectivity index (χ2v) is 8.86. The smallest absolute Gasteiger partial charge is 0.272 e. The summed E-state index contributed by atoms with van der Waals surface area (Å²) in [4.78, 5) is 21.7. The van der Waals surface area contributed by atoms with Gasteiger partial charge < -0.3 is 9.80 Å². The molecule has 3 aliphatic rings. The molecule has 3 heterocycles. The maximum atomic E-state index is 12.7. The fourth-order valence-corrected chi connectivity index (χ4v) is 5.43. The molecule has 2 saturated heterocycles. The van der Waals surface area contributed by atoms with Crippen LogP contribution in [0.1, 0.15) is 68.3 Å². The van der Waals surface area contributed by atoms with Gasteiger partial charge in [-0.05, 0) is 56.8 Å². The largest absolute Gasteiger partial charge is 0.337 e. The molecular formula is C22H33N3O. The van der Waals surface area contributed by atoms with E-state index in [2.05, 4.69) is 9.88 Å². The minimum absolute atomic E-state index is 0.113. The standard InChI is InChI=1S/C22H33N3O/c26-21(20-9-4-5-13-23-20)25-16-12-22(18-25)11-6-14-24(17-22)15-10-19-7-2-1-3-8-19/h4-5,9,13,19H,1-3,6-8,10-12,14-18H2. The van der Waals surface area contributed by atoms with Crippen LogP contribution >= 0.6 is 0 Å². The van der Waals surface area contributed by atoms with Crippen molar-refractivity contribution in [1.29, 1.82) is 0 Å². The first-order valence-corrected chi connectivity index (χ1v) is 10.7. The quantitative estimate of drug-likeness (QED) is 0.820. The average Bonchev–Trinajstić information content (AvgIpc) is 3.10. The van der Waals surface area contributed by atoms with Crippen LogP contribution in [0.15, 0.2) is 24.4 Å². The van der Waals surface area contributed by atoms with Gasteiger partial charge in [0.2, 0.25) is 0 Å². The summed E-state index contributed by atoms with van der Waals surface area (Å²) in [6.45, 7) is 5.52. The Morgan fingerprint density at radius 2 is 1.96 bits per heavy atom. The molecule has 1 atom stereocenters. The number of rotatable bonds is 4. The third-order valence-electron chi connectivity index (χ3n) is 6.93. The molecule has 1 aromatic heterocycles. The normalized spacial score (nSPS) is 27.9. The lowest BCUT2D eigenvalue weighted by atomic mass is 9.79. The zero-order valence-corrected chi connectivity index (χ0v) is 16.0. The Morgan fingerprint density at radius 1 is 1.08 bits per heavy atom. The van der Waals surface area contributed by atoms with Crippen LogP contribution in [0.5, 0.6) is 0 Å². The summed E-state index contributed by atoms with van der Waals surface area (Å²) < 4.78 is 0. The van der Waals surface area contributed by atoms with Crippen LogP contribution in [0.4, 0.5) is 0 Å². The lowest BCUT2D eigenvalue weighted by molar-refractivity contribution is 0.0670. The number of hydrogen-bond acceptors (Lipinski definition) is 3. The number of aromatic nitrogens is 1. The first kappa shape index (κ1) is 18.0. The van der Waals surface area contributed by atoms with E-state index in [4.69, 9.17) is 0 Å². The first-order valence-electron chi connectivity index (χ1n) is 10.7. The molecule has 1 saturated carbocycles. The van der Waals surface area contributed by atoms with Crippen LogP contribution in [0.2, 0.25) is 0 Å². The molecule has 4 nitrogen and oxygen atoms in total. The van der Waals surface area contributed by atoms with Gasteiger partial charge in [-0.25, -0.2) is 0 Å². The maximum absolute atomic E-state index is 12.7. The molecule has 4 heteroatoms. The van der Waals surface area contributed by atoms with Crippen molar-refractivity contribution in [2.24, 2.45) is 11.3 Å². The van der Waals surface area contributed by atoms with E-state index in [1.807, 2.05) is 23.1 Å². The van der Waals surface area contributed by atoms with Gasteiger partial charge in [-0.1, -0.05) is 38.2 Å². The topological polar surface area (TPSA) is 36.4 Å². The van der Waals surface area contributed by atoms with Gasteiger partial charge in [0.05, 0.1) is 0 Å². The summed E-state index contributed by atoms with van der Waals surface area (Å²) in [7, 11) is 0. The van der Waals surface area contributed by atoms with E-state index in [9.17, 15) is 4.79 Å². The first-order chi connectivity index (χ1) is 12.7. The number of pyridine rings is 1. The van der Waals surface area contributed by atoms with Crippen LogP contribution in [-0.2, 0) is 0 Å². The maximum Gasteiger partial charge on any atom is 0.272 e. The summed E-state index contributed by atoms with van der Waals surface area (Å²) >= 11 is 0. The van der Waals surface area contributed by atoms with Crippen molar-refractivity contribution in [3.63, 3.8) is 0 Å². The number of nitrogens with zero attached hydrogens (tertiary/aromatic N) is 3. The minimum Gasteiger partial charge on any atom is -0.337 e. The number of piperidine rings is 1. The van der Waals surface area contributed by atoms with Crippen LogP contribution in [0.3, 0.4) is 0 Å². The van der Waals surface area contributed by atoms with Gasteiger partial charge in [-0.15, -0.1) is 0 Å². The molecule has 3 fully saturated rings. The third-order valence-corrected chi connectivity index (χ3v) is 6.93. The average molecular weight is 356 g/mol. The van der Waals surface area contributed by atoms with Gasteiger partial charge in [0.15, 0.2) is 0 Å². The lowest BCUT2D eigenvalue weighted by Crippen LogP contribution is -2.46. The summed E-state index contributed by atoms with van der Waals surface area (Å²) in [6, 6.07) is 5.61. The molecule has 1 spiro atoms. The number of hydrogen-bond donors (Lipinski definition) is 0. The number of carbonyl (C=O) groups is 1. The van der Waals surface area contributed by atoms with Crippen molar-refractivity contribution in [2.75, 3.05) is 32.7 Å². The summed E-state index contributed by atoms with van der Waals surface area (Å²) in [5.41, 5.74) is 0.921. The Bertz CT molecular complexity index is 599. The molecule has 0 bridgehead atoms. The molecule has 0 radical (unpaired) electrons. The fourth-order valence-electron chi connectivity index (χ4n) is 5.43. The van der Waals surface area contributed by atoms with Crippen molar-refractivity contribution in [1.82, 2.24) is 14.8 Å². The SMILES string of the molecule is O=C(c1ccccn1)N1CCC2(CCCN(CCC3CCCCC3)C2)C1. The van der Waals surface area contributed by atoms with Crippen molar-refractivity contribution in [3.05, 3.63) is 30.1 Å². The molecule has 2 aliphatic heterocycles. The van der Waals surface area contributed by atoms with Gasteiger partial charge in [-0.3, -0.25) is 9.78 Å². The number of likely N-dealkylation sites (tertiary alicyclic amines) is 2. The molecule has 26 heavy (non-hydrogen) atoms. The molecule has 0 aromatic carbocycles. The second-order valence-electron chi connectivity index (χ2n) is 8.86. The van der Waals surface area contributed by atoms with Crippen LogP contribution in [0.25, 0.3) is 0 Å². The van der Waals surface area contributed by atoms with Crippen LogP contribution < -0.4 is 0 Å². The van der Waals surface area contributed by atoms with Gasteiger partial charge in [0.1, 0.15) is 5.69 Å². The van der Waals surface area contributed by atoms with E-state index >= 15 is 0 Å². The molecule has 1 aromatic rings. The van der Waals surface area contributed by atoms with E-state index in [0.717, 1.165) is 25.4 Å². The van der Waals surface area contributed by atoms with Crippen molar-refractivity contribution in [2.45, 2.75) is 57.8 Å². The van der Waals surface area contributed by atoms with Crippen LogP contribution in [-0.4, -0.2) is 53.4 Å². The van der Waals surface area contributed by atoms with Gasteiger partial charge in [0.25, 0.3) is 5.91 Å². The van der Waals surface area contributed by atoms with Crippen molar-refractivity contribution >= 4 is 5.91 Å².